The molecule has 2 aromatic rings. The second-order valence-electron chi connectivity index (χ2n) is 6.18. The molecule has 0 saturated carbocycles. The van der Waals surface area contributed by atoms with Crippen LogP contribution in [0.3, 0.4) is 0 Å². The number of carbonyl (C=O) groups excluding carboxylic acids is 2. The number of nitriles is 1. The molecule has 0 spiro atoms. The van der Waals surface area contributed by atoms with E-state index in [0.29, 0.717) is 5.69 Å². The predicted octanol–water partition coefficient (Wildman–Crippen LogP) is 2.04. The normalized spacial score (nSPS) is 11.0. The van der Waals surface area contributed by atoms with Crippen molar-refractivity contribution in [2.45, 2.75) is 11.3 Å². The van der Waals surface area contributed by atoms with Crippen molar-refractivity contribution in [1.29, 1.82) is 5.26 Å². The average Bonchev–Trinajstić information content (AvgIpc) is 2.73. The summed E-state index contributed by atoms with van der Waals surface area (Å²) in [5.74, 6) is -1.22. The summed E-state index contributed by atoms with van der Waals surface area (Å²) in [5.41, 5.74) is 0.723. The molecule has 0 atom stereocenters. The molecule has 0 unspecified atom stereocenters. The first-order valence-corrected chi connectivity index (χ1v) is 10.1. The molecule has 0 saturated heterocycles. The molecule has 0 bridgehead atoms. The summed E-state index contributed by atoms with van der Waals surface area (Å²) in [5, 5.41) is 8.81. The summed E-state index contributed by atoms with van der Waals surface area (Å²) in [6.45, 7) is -0.328. The van der Waals surface area contributed by atoms with Crippen molar-refractivity contribution in [3.63, 3.8) is 0 Å². The van der Waals surface area contributed by atoms with Crippen molar-refractivity contribution in [1.82, 2.24) is 4.31 Å². The fourth-order valence-electron chi connectivity index (χ4n) is 2.43. The van der Waals surface area contributed by atoms with Gasteiger partial charge in [0.15, 0.2) is 6.61 Å². The van der Waals surface area contributed by atoms with E-state index in [1.807, 2.05) is 6.07 Å². The first-order chi connectivity index (χ1) is 13.8. The van der Waals surface area contributed by atoms with Crippen LogP contribution in [0.2, 0.25) is 0 Å². The molecule has 152 valence electrons. The topological polar surface area (TPSA) is 108 Å². The highest BCUT2D eigenvalue weighted by molar-refractivity contribution is 7.89. The number of benzene rings is 2. The smallest absolute Gasteiger partial charge is 0.338 e. The molecule has 8 nitrogen and oxygen atoms in total. The van der Waals surface area contributed by atoms with Gasteiger partial charge in [-0.1, -0.05) is 18.2 Å². The zero-order valence-electron chi connectivity index (χ0n) is 16.1. The maximum Gasteiger partial charge on any atom is 0.338 e. The van der Waals surface area contributed by atoms with Gasteiger partial charge in [-0.3, -0.25) is 4.79 Å². The van der Waals surface area contributed by atoms with E-state index in [-0.39, 0.29) is 23.4 Å². The number of nitrogens with zero attached hydrogens (tertiary/aromatic N) is 3. The van der Waals surface area contributed by atoms with E-state index in [4.69, 9.17) is 10.00 Å². The van der Waals surface area contributed by atoms with E-state index in [0.717, 1.165) is 4.31 Å². The SMILES string of the molecule is CN(C)S(=O)(=O)c1ccc(C(=O)OCC(=O)N(CCC#N)c2ccccc2)cc1. The Morgan fingerprint density at radius 2 is 1.66 bits per heavy atom. The van der Waals surface area contributed by atoms with Crippen LogP contribution in [0.25, 0.3) is 0 Å². The molecule has 2 rings (SSSR count). The van der Waals surface area contributed by atoms with E-state index in [1.165, 1.54) is 43.3 Å². The number of esters is 1. The van der Waals surface area contributed by atoms with E-state index in [9.17, 15) is 18.0 Å². The molecule has 29 heavy (non-hydrogen) atoms. The summed E-state index contributed by atoms with van der Waals surface area (Å²) in [4.78, 5) is 26.1. The number of amides is 1. The van der Waals surface area contributed by atoms with Crippen LogP contribution >= 0.6 is 0 Å². The number of para-hydroxylation sites is 1. The van der Waals surface area contributed by atoms with E-state index >= 15 is 0 Å². The number of sulfonamides is 1. The molecule has 0 heterocycles. The quantitative estimate of drug-likeness (QED) is 0.611. The molecule has 1 amide bonds. The number of carbonyl (C=O) groups is 2. The van der Waals surface area contributed by atoms with Crippen LogP contribution in [0.15, 0.2) is 59.5 Å². The molecule has 2 aromatic carbocycles. The summed E-state index contributed by atoms with van der Waals surface area (Å²) in [6, 6.07) is 16.0. The molecule has 0 N–H and O–H groups in total. The highest BCUT2D eigenvalue weighted by atomic mass is 32.2. The minimum atomic E-state index is -3.60. The third kappa shape index (κ3) is 5.63. The van der Waals surface area contributed by atoms with E-state index in [1.54, 1.807) is 30.3 Å². The highest BCUT2D eigenvalue weighted by Gasteiger charge is 2.20. The summed E-state index contributed by atoms with van der Waals surface area (Å²) < 4.78 is 30.3. The van der Waals surface area contributed by atoms with Crippen LogP contribution < -0.4 is 4.90 Å². The Labute approximate surface area is 170 Å². The average molecular weight is 415 g/mol. The minimum absolute atomic E-state index is 0.0434. The molecular formula is C20H21N3O5S. The van der Waals surface area contributed by atoms with Crippen molar-refractivity contribution in [3.8, 4) is 6.07 Å². The summed E-state index contributed by atoms with van der Waals surface area (Å²) in [6.07, 6.45) is 0.135. The monoisotopic (exact) mass is 415 g/mol. The first kappa shape index (κ1) is 22.1. The van der Waals surface area contributed by atoms with Gasteiger partial charge in [0.05, 0.1) is 22.9 Å². The Balaban J connectivity index is 2.05. The van der Waals surface area contributed by atoms with Crippen molar-refractivity contribution in [2.24, 2.45) is 0 Å². The minimum Gasteiger partial charge on any atom is -0.452 e. The van der Waals surface area contributed by atoms with Gasteiger partial charge < -0.3 is 9.64 Å². The molecule has 0 fully saturated rings. The largest absolute Gasteiger partial charge is 0.452 e. The Hall–Kier alpha value is -3.22. The second-order valence-corrected chi connectivity index (χ2v) is 8.33. The lowest BCUT2D eigenvalue weighted by Gasteiger charge is -2.21. The van der Waals surface area contributed by atoms with Gasteiger partial charge in [0.25, 0.3) is 5.91 Å². The van der Waals surface area contributed by atoms with Crippen molar-refractivity contribution < 1.29 is 22.7 Å². The molecule has 0 aliphatic heterocycles. The second kappa shape index (κ2) is 9.82. The van der Waals surface area contributed by atoms with Crippen LogP contribution in [0.1, 0.15) is 16.8 Å². The zero-order valence-corrected chi connectivity index (χ0v) is 16.9. The molecule has 0 radical (unpaired) electrons. The Bertz CT molecular complexity index is 997. The van der Waals surface area contributed by atoms with E-state index in [2.05, 4.69) is 0 Å². The van der Waals surface area contributed by atoms with E-state index < -0.39 is 28.5 Å². The number of ether oxygens (including phenoxy) is 1. The number of hydrogen-bond acceptors (Lipinski definition) is 6. The fourth-order valence-corrected chi connectivity index (χ4v) is 3.33. The highest BCUT2D eigenvalue weighted by Crippen LogP contribution is 2.16. The summed E-state index contributed by atoms with van der Waals surface area (Å²) >= 11 is 0. The third-order valence-electron chi connectivity index (χ3n) is 4.01. The van der Waals surface area contributed by atoms with Gasteiger partial charge in [0, 0.05) is 26.3 Å². The standard InChI is InChI=1S/C20H21N3O5S/c1-22(2)29(26,27)18-11-9-16(10-12-18)20(25)28-15-19(24)23(14-6-13-21)17-7-4-3-5-8-17/h3-5,7-12H,6,14-15H2,1-2H3. The maximum atomic E-state index is 12.5. The lowest BCUT2D eigenvalue weighted by Crippen LogP contribution is -2.35. The van der Waals surface area contributed by atoms with Crippen LogP contribution in [-0.2, 0) is 19.6 Å². The van der Waals surface area contributed by atoms with Gasteiger partial charge in [-0.05, 0) is 36.4 Å². The molecule has 0 aliphatic carbocycles. The Morgan fingerprint density at radius 1 is 1.03 bits per heavy atom. The van der Waals surface area contributed by atoms with Gasteiger partial charge >= 0.3 is 5.97 Å². The lowest BCUT2D eigenvalue weighted by atomic mass is 10.2. The first-order valence-electron chi connectivity index (χ1n) is 8.69. The fraction of sp³-hybridized carbons (Fsp3) is 0.250. The molecule has 0 aromatic heterocycles. The molecule has 0 aliphatic rings. The van der Waals surface area contributed by atoms with Gasteiger partial charge in [-0.15, -0.1) is 0 Å². The van der Waals surface area contributed by atoms with Gasteiger partial charge in [-0.25, -0.2) is 17.5 Å². The Kier molecular flexibility index (Phi) is 7.47. The molecule has 9 heteroatoms. The lowest BCUT2D eigenvalue weighted by molar-refractivity contribution is -0.121. The summed E-state index contributed by atoms with van der Waals surface area (Å²) in [7, 11) is -0.780. The van der Waals surface area contributed by atoms with Gasteiger partial charge in [-0.2, -0.15) is 5.26 Å². The van der Waals surface area contributed by atoms with Gasteiger partial charge in [0.2, 0.25) is 10.0 Å². The molecular weight excluding hydrogens is 394 g/mol. The maximum absolute atomic E-state index is 12.5. The van der Waals surface area contributed by atoms with Gasteiger partial charge in [0.1, 0.15) is 0 Å². The third-order valence-corrected chi connectivity index (χ3v) is 5.84. The van der Waals surface area contributed by atoms with Crippen molar-refractivity contribution in [3.05, 3.63) is 60.2 Å². The number of rotatable bonds is 8. The van der Waals surface area contributed by atoms with Crippen LogP contribution in [-0.4, -0.2) is 51.8 Å². The van der Waals surface area contributed by atoms with Crippen LogP contribution in [0.5, 0.6) is 0 Å². The van der Waals surface area contributed by atoms with Crippen molar-refractivity contribution in [2.75, 3.05) is 32.1 Å². The van der Waals surface area contributed by atoms with Crippen LogP contribution in [0.4, 0.5) is 5.69 Å². The predicted molar refractivity (Wildman–Crippen MR) is 107 cm³/mol. The number of anilines is 1. The number of hydrogen-bond donors (Lipinski definition) is 0. The Morgan fingerprint density at radius 3 is 2.21 bits per heavy atom. The van der Waals surface area contributed by atoms with Crippen molar-refractivity contribution >= 4 is 27.6 Å². The van der Waals surface area contributed by atoms with Crippen LogP contribution in [0, 0.1) is 11.3 Å². The zero-order chi connectivity index (χ0) is 21.4.